The van der Waals surface area contributed by atoms with Gasteiger partial charge in [-0.1, -0.05) is 25.9 Å². The third kappa shape index (κ3) is 3.10. The van der Waals surface area contributed by atoms with Crippen molar-refractivity contribution in [3.8, 4) is 0 Å². The van der Waals surface area contributed by atoms with Crippen molar-refractivity contribution < 1.29 is 12.9 Å². The van der Waals surface area contributed by atoms with Gasteiger partial charge in [-0.05, 0) is 0 Å². The molecule has 0 atom stereocenters. The Morgan fingerprint density at radius 2 is 1.93 bits per heavy atom. The van der Waals surface area contributed by atoms with E-state index in [0.29, 0.717) is 5.89 Å². The fraction of sp³-hybridized carbons (Fsp3) is 0.750. The lowest BCUT2D eigenvalue weighted by molar-refractivity contribution is 0.319. The molecule has 0 fully saturated rings. The highest BCUT2D eigenvalue weighted by Crippen LogP contribution is 2.19. The Labute approximate surface area is 83.4 Å². The molecule has 0 amide bonds. The summed E-state index contributed by atoms with van der Waals surface area (Å²) >= 11 is 0. The van der Waals surface area contributed by atoms with Gasteiger partial charge in [0.15, 0.2) is 15.7 Å². The van der Waals surface area contributed by atoms with Crippen molar-refractivity contribution in [2.45, 2.75) is 31.9 Å². The van der Waals surface area contributed by atoms with Crippen molar-refractivity contribution in [2.75, 3.05) is 6.26 Å². The fourth-order valence-electron chi connectivity index (χ4n) is 0.852. The summed E-state index contributed by atoms with van der Waals surface area (Å²) in [5.41, 5.74) is -0.247. The van der Waals surface area contributed by atoms with Gasteiger partial charge < -0.3 is 4.52 Å². The maximum absolute atomic E-state index is 10.9. The Kier molecular flexibility index (Phi) is 2.67. The number of sulfone groups is 1. The summed E-state index contributed by atoms with van der Waals surface area (Å²) in [6.45, 7) is 5.76. The highest BCUT2D eigenvalue weighted by Gasteiger charge is 2.22. The van der Waals surface area contributed by atoms with Crippen molar-refractivity contribution in [3.05, 3.63) is 11.7 Å². The van der Waals surface area contributed by atoms with Crippen LogP contribution in [0.15, 0.2) is 4.52 Å². The molecular weight excluding hydrogens is 204 g/mol. The van der Waals surface area contributed by atoms with Crippen molar-refractivity contribution in [1.82, 2.24) is 10.1 Å². The van der Waals surface area contributed by atoms with Crippen LogP contribution in [0.2, 0.25) is 0 Å². The predicted molar refractivity (Wildman–Crippen MR) is 51.5 cm³/mol. The predicted octanol–water partition coefficient (Wildman–Crippen LogP) is 0.912. The lowest BCUT2D eigenvalue weighted by Crippen LogP contribution is -2.12. The fourth-order valence-corrected chi connectivity index (χ4v) is 1.44. The average Bonchev–Trinajstić information content (AvgIpc) is 2.29. The Bertz CT molecular complexity index is 414. The molecule has 0 aliphatic heterocycles. The zero-order valence-electron chi connectivity index (χ0n) is 8.73. The summed E-state index contributed by atoms with van der Waals surface area (Å²) in [6, 6.07) is 0. The van der Waals surface area contributed by atoms with Gasteiger partial charge in [-0.15, -0.1) is 0 Å². The van der Waals surface area contributed by atoms with Crippen molar-refractivity contribution in [3.63, 3.8) is 0 Å². The van der Waals surface area contributed by atoms with E-state index in [9.17, 15) is 8.42 Å². The first kappa shape index (κ1) is 11.2. The van der Waals surface area contributed by atoms with Gasteiger partial charge in [0.05, 0.1) is 0 Å². The van der Waals surface area contributed by atoms with E-state index in [4.69, 9.17) is 4.52 Å². The van der Waals surface area contributed by atoms with Crippen LogP contribution >= 0.6 is 0 Å². The number of rotatable bonds is 2. The van der Waals surface area contributed by atoms with Gasteiger partial charge in [-0.3, -0.25) is 0 Å². The average molecular weight is 218 g/mol. The maximum atomic E-state index is 10.9. The largest absolute Gasteiger partial charge is 0.339 e. The topological polar surface area (TPSA) is 73.1 Å². The van der Waals surface area contributed by atoms with Crippen LogP contribution in [0.1, 0.15) is 32.5 Å². The van der Waals surface area contributed by atoms with E-state index >= 15 is 0 Å². The first-order chi connectivity index (χ1) is 6.18. The van der Waals surface area contributed by atoms with Crippen LogP contribution in [0.25, 0.3) is 0 Å². The maximum Gasteiger partial charge on any atom is 0.232 e. The van der Waals surface area contributed by atoms with Gasteiger partial charge in [-0.25, -0.2) is 8.42 Å². The molecule has 0 bridgehead atoms. The molecule has 6 heteroatoms. The van der Waals surface area contributed by atoms with E-state index in [0.717, 1.165) is 6.26 Å². The molecule has 0 radical (unpaired) electrons. The van der Waals surface area contributed by atoms with E-state index in [1.165, 1.54) is 0 Å². The normalized spacial score (nSPS) is 13.1. The van der Waals surface area contributed by atoms with Crippen LogP contribution < -0.4 is 0 Å². The molecule has 0 aromatic carbocycles. The molecule has 1 rings (SSSR count). The van der Waals surface area contributed by atoms with E-state index < -0.39 is 9.84 Å². The SMILES string of the molecule is CC(C)(C)c1nc(CS(C)(=O)=O)no1. The van der Waals surface area contributed by atoms with Gasteiger partial charge in [0, 0.05) is 11.7 Å². The summed E-state index contributed by atoms with van der Waals surface area (Å²) in [5.74, 6) is 0.501. The third-order valence-electron chi connectivity index (χ3n) is 1.50. The lowest BCUT2D eigenvalue weighted by Gasteiger charge is -2.10. The second-order valence-corrected chi connectivity index (χ2v) is 6.48. The molecule has 0 spiro atoms. The van der Waals surface area contributed by atoms with E-state index in [2.05, 4.69) is 10.1 Å². The molecule has 0 saturated heterocycles. The van der Waals surface area contributed by atoms with Gasteiger partial charge in [-0.2, -0.15) is 4.98 Å². The Balaban J connectivity index is 2.90. The quantitative estimate of drug-likeness (QED) is 0.737. The van der Waals surface area contributed by atoms with Crippen LogP contribution in [-0.4, -0.2) is 24.8 Å². The standard InChI is InChI=1S/C8H14N2O3S/c1-8(2,3)7-9-6(10-13-7)5-14(4,11)12/h5H2,1-4H3. The molecule has 0 aliphatic carbocycles. The molecule has 1 aromatic rings. The first-order valence-corrected chi connectivity index (χ1v) is 6.25. The molecule has 5 nitrogen and oxygen atoms in total. The number of hydrogen-bond acceptors (Lipinski definition) is 5. The zero-order valence-corrected chi connectivity index (χ0v) is 9.55. The molecular formula is C8H14N2O3S. The molecule has 1 aromatic heterocycles. The minimum absolute atomic E-state index is 0.174. The van der Waals surface area contributed by atoms with Gasteiger partial charge in [0.1, 0.15) is 5.75 Å². The van der Waals surface area contributed by atoms with Crippen LogP contribution in [0.5, 0.6) is 0 Å². The zero-order chi connectivity index (χ0) is 11.0. The smallest absolute Gasteiger partial charge is 0.232 e. The molecule has 0 aliphatic rings. The monoisotopic (exact) mass is 218 g/mol. The second-order valence-electron chi connectivity index (χ2n) is 4.34. The molecule has 0 saturated carbocycles. The minimum atomic E-state index is -3.09. The van der Waals surface area contributed by atoms with Gasteiger partial charge in [0.2, 0.25) is 5.89 Å². The minimum Gasteiger partial charge on any atom is -0.339 e. The van der Waals surface area contributed by atoms with Crippen molar-refractivity contribution in [2.24, 2.45) is 0 Å². The summed E-state index contributed by atoms with van der Waals surface area (Å²) in [4.78, 5) is 4.01. The highest BCUT2D eigenvalue weighted by atomic mass is 32.2. The molecule has 0 unspecified atom stereocenters. The Morgan fingerprint density at radius 1 is 1.36 bits per heavy atom. The van der Waals surface area contributed by atoms with E-state index in [1.807, 2.05) is 20.8 Å². The molecule has 1 heterocycles. The van der Waals surface area contributed by atoms with Crippen LogP contribution in [-0.2, 0) is 21.0 Å². The van der Waals surface area contributed by atoms with Crippen molar-refractivity contribution >= 4 is 9.84 Å². The summed E-state index contributed by atoms with van der Waals surface area (Å²) in [7, 11) is -3.09. The van der Waals surface area contributed by atoms with Gasteiger partial charge >= 0.3 is 0 Å². The van der Waals surface area contributed by atoms with Crippen molar-refractivity contribution in [1.29, 1.82) is 0 Å². The molecule has 80 valence electrons. The number of nitrogens with zero attached hydrogens (tertiary/aromatic N) is 2. The van der Waals surface area contributed by atoms with Gasteiger partial charge in [0.25, 0.3) is 0 Å². The summed E-state index contributed by atoms with van der Waals surface area (Å²) < 4.78 is 26.8. The van der Waals surface area contributed by atoms with Crippen LogP contribution in [0, 0.1) is 0 Å². The number of hydrogen-bond donors (Lipinski definition) is 0. The third-order valence-corrected chi connectivity index (χ3v) is 2.28. The summed E-state index contributed by atoms with van der Waals surface area (Å²) in [5, 5.41) is 3.60. The van der Waals surface area contributed by atoms with Crippen LogP contribution in [0.3, 0.4) is 0 Å². The Hall–Kier alpha value is -0.910. The van der Waals surface area contributed by atoms with E-state index in [-0.39, 0.29) is 17.0 Å². The first-order valence-electron chi connectivity index (χ1n) is 4.19. The number of aromatic nitrogens is 2. The lowest BCUT2D eigenvalue weighted by atomic mass is 9.97. The summed E-state index contributed by atoms with van der Waals surface area (Å²) in [6.07, 6.45) is 1.14. The second kappa shape index (κ2) is 3.34. The highest BCUT2D eigenvalue weighted by molar-refractivity contribution is 7.89. The molecule has 14 heavy (non-hydrogen) atoms. The van der Waals surface area contributed by atoms with E-state index in [1.54, 1.807) is 0 Å². The van der Waals surface area contributed by atoms with Crippen LogP contribution in [0.4, 0.5) is 0 Å². The molecule has 0 N–H and O–H groups in total. The Morgan fingerprint density at radius 3 is 2.29 bits per heavy atom.